The molecule has 0 atom stereocenters. The highest BCUT2D eigenvalue weighted by molar-refractivity contribution is 7.25. The van der Waals surface area contributed by atoms with Gasteiger partial charge < -0.3 is 4.90 Å². The van der Waals surface area contributed by atoms with Crippen LogP contribution in [-0.4, -0.2) is 0 Å². The lowest BCUT2D eigenvalue weighted by Crippen LogP contribution is -2.28. The van der Waals surface area contributed by atoms with E-state index in [4.69, 9.17) is 0 Å². The summed E-state index contributed by atoms with van der Waals surface area (Å²) in [6.45, 7) is 0. The van der Waals surface area contributed by atoms with Gasteiger partial charge in [0.25, 0.3) is 0 Å². The van der Waals surface area contributed by atoms with Gasteiger partial charge in [0.15, 0.2) is 0 Å². The number of benzene rings is 11. The number of thiophene rings is 1. The van der Waals surface area contributed by atoms with Crippen molar-refractivity contribution in [3.8, 4) is 44.5 Å². The molecular weight excluding hydrogens is 827 g/mol. The maximum atomic E-state index is 2.45. The van der Waals surface area contributed by atoms with E-state index in [1.54, 1.807) is 0 Å². The first kappa shape index (κ1) is 39.1. The van der Waals surface area contributed by atoms with Crippen LogP contribution in [0.25, 0.3) is 75.5 Å². The quantitative estimate of drug-likeness (QED) is 0.147. The Morgan fingerprint density at radius 2 is 0.866 bits per heavy atom. The normalized spacial score (nSPS) is 12.6. The van der Waals surface area contributed by atoms with E-state index < -0.39 is 5.41 Å². The number of nitrogens with zero attached hydrogens (tertiary/aromatic N) is 1. The number of hydrogen-bond donors (Lipinski definition) is 0. The van der Waals surface area contributed by atoms with E-state index >= 15 is 0 Å². The molecule has 0 radical (unpaired) electrons. The largest absolute Gasteiger partial charge is 0.310 e. The van der Waals surface area contributed by atoms with Gasteiger partial charge in [-0.15, -0.1) is 11.3 Å². The van der Waals surface area contributed by atoms with Gasteiger partial charge in [-0.2, -0.15) is 0 Å². The summed E-state index contributed by atoms with van der Waals surface area (Å²) in [5.74, 6) is 0. The lowest BCUT2D eigenvalue weighted by Gasteiger charge is -2.34. The van der Waals surface area contributed by atoms with Crippen LogP contribution in [0.15, 0.2) is 261 Å². The fourth-order valence-electron chi connectivity index (χ4n) is 11.0. The minimum absolute atomic E-state index is 0.457. The molecule has 0 N–H and O–H groups in total. The molecule has 1 aromatic heterocycles. The summed E-state index contributed by atoms with van der Waals surface area (Å²) in [7, 11) is 0. The van der Waals surface area contributed by atoms with Crippen molar-refractivity contribution in [3.05, 3.63) is 283 Å². The molecule has 0 saturated carbocycles. The van der Waals surface area contributed by atoms with E-state index in [9.17, 15) is 0 Å². The Kier molecular flexibility index (Phi) is 9.33. The third kappa shape index (κ3) is 6.37. The number of hydrogen-bond acceptors (Lipinski definition) is 2. The molecule has 12 aromatic rings. The monoisotopic (exact) mass is 869 g/mol. The fourth-order valence-corrected chi connectivity index (χ4v) is 12.1. The SMILES string of the molecule is c1ccc(C2(c3ccccc3)c3ccccc3-c3ccc(-c4ccc(N(c5ccc6c(c5)sc5ccccc56)c5ccccc5-c5cccc(-c6cccc7ccccc67)c5)cc4)cc32)cc1. The maximum absolute atomic E-state index is 2.45. The Bertz CT molecular complexity index is 3760. The van der Waals surface area contributed by atoms with Gasteiger partial charge in [0, 0.05) is 37.1 Å². The van der Waals surface area contributed by atoms with Crippen molar-refractivity contribution in [2.45, 2.75) is 5.41 Å². The standard InChI is InChI=1S/C65H43NS/c1-3-21-49(22-4-1)65(50-23-5-2-6-24-50)60-30-12-9-27-56(60)57-39-35-46(42-61(57)65)44-33-36-51(37-34-44)66(52-38-40-59-58-28-11-14-32-63(58)67-64(59)43-52)62-31-13-10-26-55(62)48-20-15-19-47(41-48)54-29-16-18-45-17-7-8-25-53(45)54/h1-43H. The zero-order valence-corrected chi connectivity index (χ0v) is 37.5. The Balaban J connectivity index is 0.958. The van der Waals surface area contributed by atoms with Crippen molar-refractivity contribution < 1.29 is 0 Å². The Morgan fingerprint density at radius 3 is 1.67 bits per heavy atom. The van der Waals surface area contributed by atoms with Gasteiger partial charge in [0.05, 0.1) is 11.1 Å². The molecule has 1 aliphatic rings. The minimum Gasteiger partial charge on any atom is -0.310 e. The number of anilines is 3. The third-order valence-electron chi connectivity index (χ3n) is 14.0. The Hall–Kier alpha value is -8.30. The molecule has 0 saturated heterocycles. The molecule has 0 unspecified atom stereocenters. The van der Waals surface area contributed by atoms with Crippen LogP contribution in [0.2, 0.25) is 0 Å². The van der Waals surface area contributed by atoms with Gasteiger partial charge in [-0.05, 0) is 121 Å². The van der Waals surface area contributed by atoms with Crippen molar-refractivity contribution in [1.82, 2.24) is 0 Å². The van der Waals surface area contributed by atoms with E-state index in [-0.39, 0.29) is 0 Å². The molecule has 0 bridgehead atoms. The van der Waals surface area contributed by atoms with Gasteiger partial charge in [0.2, 0.25) is 0 Å². The third-order valence-corrected chi connectivity index (χ3v) is 15.1. The first-order valence-electron chi connectivity index (χ1n) is 23.1. The van der Waals surface area contributed by atoms with Gasteiger partial charge in [-0.1, -0.05) is 212 Å². The molecule has 1 aliphatic carbocycles. The Morgan fingerprint density at radius 1 is 0.299 bits per heavy atom. The zero-order chi connectivity index (χ0) is 44.3. The fraction of sp³-hybridized carbons (Fsp3) is 0.0154. The number of rotatable bonds is 8. The van der Waals surface area contributed by atoms with Crippen molar-refractivity contribution in [3.63, 3.8) is 0 Å². The summed E-state index contributed by atoms with van der Waals surface area (Å²) in [6, 6.07) is 96.3. The number of para-hydroxylation sites is 1. The molecule has 67 heavy (non-hydrogen) atoms. The van der Waals surface area contributed by atoms with E-state index in [0.717, 1.165) is 17.1 Å². The highest BCUT2D eigenvalue weighted by Crippen LogP contribution is 2.57. The lowest BCUT2D eigenvalue weighted by atomic mass is 9.67. The van der Waals surface area contributed by atoms with Crippen LogP contribution in [0, 0.1) is 0 Å². The average Bonchev–Trinajstić information content (AvgIpc) is 3.93. The number of fused-ring (bicyclic) bond motifs is 7. The molecule has 2 heteroatoms. The molecule has 11 aromatic carbocycles. The van der Waals surface area contributed by atoms with Crippen LogP contribution in [0.4, 0.5) is 17.1 Å². The molecule has 1 heterocycles. The van der Waals surface area contributed by atoms with Crippen LogP contribution in [0.3, 0.4) is 0 Å². The highest BCUT2D eigenvalue weighted by Gasteiger charge is 2.46. The topological polar surface area (TPSA) is 3.24 Å². The summed E-state index contributed by atoms with van der Waals surface area (Å²) in [5, 5.41) is 5.09. The van der Waals surface area contributed by atoms with Crippen molar-refractivity contribution >= 4 is 59.3 Å². The Labute approximate surface area is 395 Å². The molecule has 1 nitrogen and oxygen atoms in total. The highest BCUT2D eigenvalue weighted by atomic mass is 32.1. The maximum Gasteiger partial charge on any atom is 0.0713 e. The second-order valence-corrected chi connectivity index (χ2v) is 18.7. The predicted molar refractivity (Wildman–Crippen MR) is 285 cm³/mol. The van der Waals surface area contributed by atoms with Crippen LogP contribution in [-0.2, 0) is 5.41 Å². The zero-order valence-electron chi connectivity index (χ0n) is 36.7. The van der Waals surface area contributed by atoms with Gasteiger partial charge in [0.1, 0.15) is 0 Å². The lowest BCUT2D eigenvalue weighted by molar-refractivity contribution is 0.769. The summed E-state index contributed by atoms with van der Waals surface area (Å²) in [4.78, 5) is 2.45. The summed E-state index contributed by atoms with van der Waals surface area (Å²) in [5.41, 5.74) is 17.8. The smallest absolute Gasteiger partial charge is 0.0713 e. The summed E-state index contributed by atoms with van der Waals surface area (Å²) >= 11 is 1.86. The summed E-state index contributed by atoms with van der Waals surface area (Å²) < 4.78 is 2.58. The van der Waals surface area contributed by atoms with E-state index in [1.807, 2.05) is 11.3 Å². The van der Waals surface area contributed by atoms with Crippen molar-refractivity contribution in [2.24, 2.45) is 0 Å². The minimum atomic E-state index is -0.457. The first-order valence-corrected chi connectivity index (χ1v) is 23.9. The van der Waals surface area contributed by atoms with E-state index in [0.29, 0.717) is 0 Å². The molecule has 0 fully saturated rings. The molecule has 13 rings (SSSR count). The van der Waals surface area contributed by atoms with Crippen LogP contribution >= 0.6 is 11.3 Å². The van der Waals surface area contributed by atoms with E-state index in [2.05, 4.69) is 266 Å². The molecular formula is C65H43NS. The second-order valence-electron chi connectivity index (χ2n) is 17.6. The molecule has 0 amide bonds. The first-order chi connectivity index (χ1) is 33.2. The van der Waals surface area contributed by atoms with Gasteiger partial charge in [-0.3, -0.25) is 0 Å². The summed E-state index contributed by atoms with van der Waals surface area (Å²) in [6.07, 6.45) is 0. The molecule has 314 valence electrons. The predicted octanol–water partition coefficient (Wildman–Crippen LogP) is 18.0. The molecule has 0 aliphatic heterocycles. The average molecular weight is 870 g/mol. The van der Waals surface area contributed by atoms with E-state index in [1.165, 1.54) is 97.7 Å². The van der Waals surface area contributed by atoms with Crippen LogP contribution in [0.5, 0.6) is 0 Å². The van der Waals surface area contributed by atoms with Crippen molar-refractivity contribution in [2.75, 3.05) is 4.90 Å². The van der Waals surface area contributed by atoms with Crippen LogP contribution < -0.4 is 4.90 Å². The molecule has 0 spiro atoms. The van der Waals surface area contributed by atoms with Crippen LogP contribution in [0.1, 0.15) is 22.3 Å². The van der Waals surface area contributed by atoms with Crippen molar-refractivity contribution in [1.29, 1.82) is 0 Å². The van der Waals surface area contributed by atoms with Gasteiger partial charge >= 0.3 is 0 Å². The second kappa shape index (κ2) is 16.0. The van der Waals surface area contributed by atoms with Gasteiger partial charge in [-0.25, -0.2) is 0 Å².